The van der Waals surface area contributed by atoms with Crippen molar-refractivity contribution in [1.82, 2.24) is 4.90 Å². The highest BCUT2D eigenvalue weighted by Crippen LogP contribution is 2.18. The normalized spacial score (nSPS) is 13.1. The molecule has 20 heavy (non-hydrogen) atoms. The summed E-state index contributed by atoms with van der Waals surface area (Å²) in [5.74, 6) is -1.29. The molecule has 0 fully saturated rings. The highest BCUT2D eigenvalue weighted by molar-refractivity contribution is 9.10. The summed E-state index contributed by atoms with van der Waals surface area (Å²) in [4.78, 5) is 13.5. The fourth-order valence-electron chi connectivity index (χ4n) is 1.65. The topological polar surface area (TPSA) is 54.5 Å². The van der Waals surface area contributed by atoms with Crippen molar-refractivity contribution < 1.29 is 17.6 Å². The molecule has 0 aliphatic rings. The lowest BCUT2D eigenvalue weighted by Crippen LogP contribution is -2.40. The molecule has 0 aliphatic carbocycles. The van der Waals surface area contributed by atoms with Crippen LogP contribution in [-0.4, -0.2) is 43.8 Å². The molecule has 4 nitrogen and oxygen atoms in total. The van der Waals surface area contributed by atoms with Gasteiger partial charge in [0.2, 0.25) is 0 Å². The fourth-order valence-corrected chi connectivity index (χ4v) is 3.20. The van der Waals surface area contributed by atoms with Crippen molar-refractivity contribution in [3.05, 3.63) is 34.1 Å². The Morgan fingerprint density at radius 1 is 1.45 bits per heavy atom. The van der Waals surface area contributed by atoms with Crippen LogP contribution in [-0.2, 0) is 9.84 Å². The van der Waals surface area contributed by atoms with Crippen LogP contribution in [0.2, 0.25) is 0 Å². The van der Waals surface area contributed by atoms with Gasteiger partial charge in [-0.3, -0.25) is 4.79 Å². The molecule has 0 unspecified atom stereocenters. The number of rotatable bonds is 5. The Labute approximate surface area is 127 Å². The van der Waals surface area contributed by atoms with E-state index in [0.29, 0.717) is 4.47 Å². The largest absolute Gasteiger partial charge is 0.338 e. The monoisotopic (exact) mass is 365 g/mol. The molecular weight excluding hydrogens is 349 g/mol. The van der Waals surface area contributed by atoms with Crippen LogP contribution in [0.4, 0.5) is 4.39 Å². The highest BCUT2D eigenvalue weighted by Gasteiger charge is 2.24. The highest BCUT2D eigenvalue weighted by atomic mass is 79.9. The molecule has 0 spiro atoms. The summed E-state index contributed by atoms with van der Waals surface area (Å²) >= 11 is 3.18. The van der Waals surface area contributed by atoms with Gasteiger partial charge in [-0.25, -0.2) is 12.8 Å². The van der Waals surface area contributed by atoms with Gasteiger partial charge in [0.25, 0.3) is 5.91 Å². The van der Waals surface area contributed by atoms with Crippen LogP contribution in [0.5, 0.6) is 0 Å². The van der Waals surface area contributed by atoms with Crippen molar-refractivity contribution in [2.75, 3.05) is 18.6 Å². The van der Waals surface area contributed by atoms with Crippen molar-refractivity contribution in [1.29, 1.82) is 0 Å². The number of carbonyl (C=O) groups is 1. The number of carbonyl (C=O) groups excluding carboxylic acids is 1. The molecule has 0 aromatic heterocycles. The lowest BCUT2D eigenvalue weighted by atomic mass is 10.1. The SMILES string of the molecule is CCS(=O)(=O)C[C@H](C)N(C)C(=O)c1cc(Br)ccc1F. The average molecular weight is 366 g/mol. The zero-order valence-electron chi connectivity index (χ0n) is 11.6. The number of benzene rings is 1. The van der Waals surface area contributed by atoms with Crippen molar-refractivity contribution in [3.63, 3.8) is 0 Å². The molecule has 1 atom stereocenters. The number of amides is 1. The maximum absolute atomic E-state index is 13.7. The maximum atomic E-state index is 13.7. The van der Waals surface area contributed by atoms with E-state index in [0.717, 1.165) is 0 Å². The van der Waals surface area contributed by atoms with Crippen molar-refractivity contribution in [2.45, 2.75) is 19.9 Å². The number of nitrogens with zero attached hydrogens (tertiary/aromatic N) is 1. The summed E-state index contributed by atoms with van der Waals surface area (Å²) < 4.78 is 37.4. The van der Waals surface area contributed by atoms with Crippen LogP contribution in [0.3, 0.4) is 0 Å². The molecule has 0 radical (unpaired) electrons. The molecule has 7 heteroatoms. The Morgan fingerprint density at radius 3 is 2.60 bits per heavy atom. The average Bonchev–Trinajstić information content (AvgIpc) is 2.39. The van der Waals surface area contributed by atoms with E-state index in [2.05, 4.69) is 15.9 Å². The van der Waals surface area contributed by atoms with Crippen LogP contribution in [0.25, 0.3) is 0 Å². The third-order valence-corrected chi connectivity index (χ3v) is 5.44. The Bertz CT molecular complexity index is 604. The van der Waals surface area contributed by atoms with Crippen LogP contribution < -0.4 is 0 Å². The van der Waals surface area contributed by atoms with Gasteiger partial charge in [0.1, 0.15) is 5.82 Å². The van der Waals surface area contributed by atoms with Gasteiger partial charge in [-0.05, 0) is 25.1 Å². The first-order chi connectivity index (χ1) is 9.18. The van der Waals surface area contributed by atoms with E-state index < -0.39 is 27.6 Å². The summed E-state index contributed by atoms with van der Waals surface area (Å²) in [5.41, 5.74) is -0.0809. The molecule has 1 aromatic carbocycles. The minimum atomic E-state index is -3.19. The van der Waals surface area contributed by atoms with Crippen LogP contribution in [0.1, 0.15) is 24.2 Å². The molecule has 0 saturated heterocycles. The Balaban J connectivity index is 2.94. The van der Waals surface area contributed by atoms with Crippen LogP contribution >= 0.6 is 15.9 Å². The molecule has 0 N–H and O–H groups in total. The van der Waals surface area contributed by atoms with Crippen molar-refractivity contribution >= 4 is 31.7 Å². The van der Waals surface area contributed by atoms with Crippen LogP contribution in [0, 0.1) is 5.82 Å². The Kier molecular flexibility index (Phi) is 5.70. The first-order valence-corrected chi connectivity index (χ1v) is 8.72. The summed E-state index contributed by atoms with van der Waals surface area (Å²) in [7, 11) is -1.72. The molecule has 1 rings (SSSR count). The quantitative estimate of drug-likeness (QED) is 0.805. The molecular formula is C13H17BrFNO3S. The van der Waals surface area contributed by atoms with E-state index in [1.165, 1.54) is 30.1 Å². The van der Waals surface area contributed by atoms with Crippen molar-refractivity contribution in [3.8, 4) is 0 Å². The van der Waals surface area contributed by atoms with E-state index in [1.54, 1.807) is 13.8 Å². The van der Waals surface area contributed by atoms with Gasteiger partial charge in [-0.15, -0.1) is 0 Å². The Hall–Kier alpha value is -0.950. The van der Waals surface area contributed by atoms with E-state index in [9.17, 15) is 17.6 Å². The van der Waals surface area contributed by atoms with E-state index in [4.69, 9.17) is 0 Å². The maximum Gasteiger partial charge on any atom is 0.256 e. The summed E-state index contributed by atoms with van der Waals surface area (Å²) in [6.07, 6.45) is 0. The molecule has 0 heterocycles. The standard InChI is InChI=1S/C13H17BrFNO3S/c1-4-20(18,19)8-9(2)16(3)13(17)11-7-10(14)5-6-12(11)15/h5-7,9H,4,8H2,1-3H3/t9-/m0/s1. The van der Waals surface area contributed by atoms with Crippen LogP contribution in [0.15, 0.2) is 22.7 Å². The van der Waals surface area contributed by atoms with Gasteiger partial charge < -0.3 is 4.90 Å². The second-order valence-electron chi connectivity index (χ2n) is 4.59. The number of halogens is 2. The number of hydrogen-bond donors (Lipinski definition) is 0. The minimum Gasteiger partial charge on any atom is -0.338 e. The molecule has 0 aliphatic heterocycles. The van der Waals surface area contributed by atoms with Gasteiger partial charge in [-0.2, -0.15) is 0 Å². The molecule has 0 saturated carbocycles. The third kappa shape index (κ3) is 4.28. The summed E-state index contributed by atoms with van der Waals surface area (Å²) in [5, 5.41) is 0. The molecule has 112 valence electrons. The summed E-state index contributed by atoms with van der Waals surface area (Å²) in [6.45, 7) is 3.18. The molecule has 1 amide bonds. The number of hydrogen-bond acceptors (Lipinski definition) is 3. The Morgan fingerprint density at radius 2 is 2.05 bits per heavy atom. The molecule has 0 bridgehead atoms. The lowest BCUT2D eigenvalue weighted by molar-refractivity contribution is 0.0752. The van der Waals surface area contributed by atoms with Gasteiger partial charge in [0.05, 0.1) is 11.3 Å². The first kappa shape index (κ1) is 17.1. The van der Waals surface area contributed by atoms with E-state index >= 15 is 0 Å². The predicted octanol–water partition coefficient (Wildman–Crippen LogP) is 2.48. The molecule has 1 aromatic rings. The third-order valence-electron chi connectivity index (χ3n) is 3.08. The minimum absolute atomic E-state index is 0.0185. The van der Waals surface area contributed by atoms with Gasteiger partial charge >= 0.3 is 0 Å². The second kappa shape index (κ2) is 6.67. The van der Waals surface area contributed by atoms with E-state index in [-0.39, 0.29) is 17.1 Å². The zero-order chi connectivity index (χ0) is 15.5. The van der Waals surface area contributed by atoms with Gasteiger partial charge in [0.15, 0.2) is 9.84 Å². The van der Waals surface area contributed by atoms with E-state index in [1.807, 2.05) is 0 Å². The van der Waals surface area contributed by atoms with Gasteiger partial charge in [-0.1, -0.05) is 22.9 Å². The lowest BCUT2D eigenvalue weighted by Gasteiger charge is -2.25. The summed E-state index contributed by atoms with van der Waals surface area (Å²) in [6, 6.07) is 3.55. The van der Waals surface area contributed by atoms with Crippen molar-refractivity contribution in [2.24, 2.45) is 0 Å². The number of sulfone groups is 1. The smallest absolute Gasteiger partial charge is 0.256 e. The predicted molar refractivity (Wildman–Crippen MR) is 80.0 cm³/mol. The fraction of sp³-hybridized carbons (Fsp3) is 0.462. The zero-order valence-corrected chi connectivity index (χ0v) is 14.0. The van der Waals surface area contributed by atoms with Gasteiger partial charge in [0, 0.05) is 23.3 Å². The first-order valence-electron chi connectivity index (χ1n) is 6.10. The second-order valence-corrected chi connectivity index (χ2v) is 7.90.